The highest BCUT2D eigenvalue weighted by Gasteiger charge is 2.30. The van der Waals surface area contributed by atoms with Gasteiger partial charge in [-0.2, -0.15) is 0 Å². The van der Waals surface area contributed by atoms with Gasteiger partial charge in [0.25, 0.3) is 0 Å². The summed E-state index contributed by atoms with van der Waals surface area (Å²) in [6.45, 7) is 2.20. The van der Waals surface area contributed by atoms with Gasteiger partial charge in [0.15, 0.2) is 0 Å². The fraction of sp³-hybridized carbons (Fsp3) is 0.579. The molecule has 0 spiro atoms. The molecule has 1 aliphatic carbocycles. The first-order valence-corrected chi connectivity index (χ1v) is 9.06. The van der Waals surface area contributed by atoms with E-state index in [-0.39, 0.29) is 23.9 Å². The second-order valence-corrected chi connectivity index (χ2v) is 6.65. The van der Waals surface area contributed by atoms with Crippen LogP contribution in [0, 0.1) is 5.92 Å². The van der Waals surface area contributed by atoms with Gasteiger partial charge in [-0.1, -0.05) is 44.7 Å². The number of primary amides is 1. The molecule has 1 aromatic carbocycles. The predicted octanol–water partition coefficient (Wildman–Crippen LogP) is 3.58. The predicted molar refractivity (Wildman–Crippen MR) is 96.8 cm³/mol. The van der Waals surface area contributed by atoms with Crippen LogP contribution in [0.5, 0.6) is 0 Å². The summed E-state index contributed by atoms with van der Waals surface area (Å²) in [6.07, 6.45) is 8.29. The van der Waals surface area contributed by atoms with Crippen LogP contribution in [0.15, 0.2) is 24.3 Å². The van der Waals surface area contributed by atoms with Crippen molar-refractivity contribution in [3.63, 3.8) is 0 Å². The topological polar surface area (TPSA) is 84.2 Å². The SMILES string of the molecule is CCCCCc1ccc(NC(=O)N[C@H]2CCCC[C@H]2C(N)=O)cc1. The molecule has 24 heavy (non-hydrogen) atoms. The van der Waals surface area contributed by atoms with Crippen molar-refractivity contribution in [1.82, 2.24) is 5.32 Å². The highest BCUT2D eigenvalue weighted by Crippen LogP contribution is 2.24. The van der Waals surface area contributed by atoms with E-state index in [0.717, 1.165) is 37.8 Å². The number of benzene rings is 1. The van der Waals surface area contributed by atoms with Crippen LogP contribution in [0.2, 0.25) is 0 Å². The second-order valence-electron chi connectivity index (χ2n) is 6.65. The molecule has 5 heteroatoms. The van der Waals surface area contributed by atoms with Crippen molar-refractivity contribution in [2.24, 2.45) is 11.7 Å². The van der Waals surface area contributed by atoms with Crippen molar-refractivity contribution in [2.45, 2.75) is 64.3 Å². The monoisotopic (exact) mass is 331 g/mol. The smallest absolute Gasteiger partial charge is 0.319 e. The van der Waals surface area contributed by atoms with Crippen LogP contribution in [0.1, 0.15) is 57.4 Å². The van der Waals surface area contributed by atoms with E-state index in [4.69, 9.17) is 5.73 Å². The van der Waals surface area contributed by atoms with Crippen LogP contribution in [-0.4, -0.2) is 18.0 Å². The van der Waals surface area contributed by atoms with E-state index in [1.807, 2.05) is 12.1 Å². The highest BCUT2D eigenvalue weighted by molar-refractivity contribution is 5.90. The second kappa shape index (κ2) is 9.30. The zero-order valence-electron chi connectivity index (χ0n) is 14.5. The largest absolute Gasteiger partial charge is 0.369 e. The summed E-state index contributed by atoms with van der Waals surface area (Å²) in [5, 5.41) is 5.75. The summed E-state index contributed by atoms with van der Waals surface area (Å²) in [4.78, 5) is 23.7. The molecule has 0 unspecified atom stereocenters. The van der Waals surface area contributed by atoms with E-state index in [9.17, 15) is 9.59 Å². The number of anilines is 1. The maximum Gasteiger partial charge on any atom is 0.319 e. The van der Waals surface area contributed by atoms with Crippen LogP contribution in [0.3, 0.4) is 0 Å². The van der Waals surface area contributed by atoms with E-state index >= 15 is 0 Å². The Hall–Kier alpha value is -2.04. The number of aryl methyl sites for hydroxylation is 1. The lowest BCUT2D eigenvalue weighted by Gasteiger charge is -2.29. The number of amides is 3. The number of carbonyl (C=O) groups is 2. The van der Waals surface area contributed by atoms with Crippen LogP contribution in [0.4, 0.5) is 10.5 Å². The molecule has 132 valence electrons. The first-order chi connectivity index (χ1) is 11.6. The van der Waals surface area contributed by atoms with E-state index in [2.05, 4.69) is 29.7 Å². The average Bonchev–Trinajstić information content (AvgIpc) is 2.57. The number of rotatable bonds is 7. The van der Waals surface area contributed by atoms with Gasteiger partial charge in [-0.3, -0.25) is 4.79 Å². The minimum atomic E-state index is -0.323. The summed E-state index contributed by atoms with van der Waals surface area (Å²) in [7, 11) is 0. The van der Waals surface area contributed by atoms with Gasteiger partial charge in [-0.25, -0.2) is 4.79 Å². The molecule has 0 bridgehead atoms. The average molecular weight is 331 g/mol. The van der Waals surface area contributed by atoms with Gasteiger partial charge in [0.2, 0.25) is 5.91 Å². The Labute approximate surface area is 144 Å². The lowest BCUT2D eigenvalue weighted by Crippen LogP contribution is -2.48. The third-order valence-electron chi connectivity index (χ3n) is 4.73. The number of unbranched alkanes of at least 4 members (excludes halogenated alkanes) is 2. The summed E-state index contributed by atoms with van der Waals surface area (Å²) in [5.74, 6) is -0.582. The number of hydrogen-bond donors (Lipinski definition) is 3. The number of nitrogens with two attached hydrogens (primary N) is 1. The molecule has 0 aliphatic heterocycles. The van der Waals surface area contributed by atoms with Gasteiger partial charge in [0, 0.05) is 11.7 Å². The number of urea groups is 1. The maximum absolute atomic E-state index is 12.2. The van der Waals surface area contributed by atoms with E-state index in [1.54, 1.807) is 0 Å². The molecule has 1 aliphatic rings. The molecule has 5 nitrogen and oxygen atoms in total. The molecule has 0 saturated heterocycles. The molecule has 3 amide bonds. The van der Waals surface area contributed by atoms with Crippen LogP contribution in [-0.2, 0) is 11.2 Å². The number of hydrogen-bond acceptors (Lipinski definition) is 2. The van der Waals surface area contributed by atoms with Crippen molar-refractivity contribution in [3.05, 3.63) is 29.8 Å². The summed E-state index contributed by atoms with van der Waals surface area (Å²) < 4.78 is 0. The maximum atomic E-state index is 12.2. The standard InChI is InChI=1S/C19H29N3O2/c1-2-3-4-7-14-10-12-15(13-11-14)21-19(24)22-17-9-6-5-8-16(17)18(20)23/h10-13,16-17H,2-9H2,1H3,(H2,20,23)(H2,21,22,24)/t16-,17+/m1/s1. The minimum Gasteiger partial charge on any atom is -0.369 e. The van der Waals surface area contributed by atoms with Crippen molar-refractivity contribution in [1.29, 1.82) is 0 Å². The first kappa shape index (κ1) is 18.3. The highest BCUT2D eigenvalue weighted by atomic mass is 16.2. The molecule has 1 aromatic rings. The quantitative estimate of drug-likeness (QED) is 0.667. The first-order valence-electron chi connectivity index (χ1n) is 9.06. The normalized spacial score (nSPS) is 20.4. The van der Waals surface area contributed by atoms with Gasteiger partial charge >= 0.3 is 6.03 Å². The van der Waals surface area contributed by atoms with Crippen molar-refractivity contribution in [2.75, 3.05) is 5.32 Å². The van der Waals surface area contributed by atoms with Gasteiger partial charge in [0.1, 0.15) is 0 Å². The third kappa shape index (κ3) is 5.55. The Morgan fingerprint density at radius 3 is 2.50 bits per heavy atom. The lowest BCUT2D eigenvalue weighted by atomic mass is 9.84. The molecule has 0 heterocycles. The Balaban J connectivity index is 1.84. The Kier molecular flexibility index (Phi) is 7.09. The number of carbonyl (C=O) groups excluding carboxylic acids is 2. The Morgan fingerprint density at radius 2 is 1.83 bits per heavy atom. The van der Waals surface area contributed by atoms with E-state index < -0.39 is 0 Å². The van der Waals surface area contributed by atoms with Crippen molar-refractivity contribution in [3.8, 4) is 0 Å². The van der Waals surface area contributed by atoms with Crippen LogP contribution in [0.25, 0.3) is 0 Å². The fourth-order valence-corrected chi connectivity index (χ4v) is 3.31. The number of nitrogens with one attached hydrogen (secondary N) is 2. The van der Waals surface area contributed by atoms with Crippen molar-refractivity contribution >= 4 is 17.6 Å². The molecule has 0 radical (unpaired) electrons. The van der Waals surface area contributed by atoms with E-state index in [0.29, 0.717) is 0 Å². The zero-order chi connectivity index (χ0) is 17.4. The summed E-state index contributed by atoms with van der Waals surface area (Å²) in [6, 6.07) is 7.52. The lowest BCUT2D eigenvalue weighted by molar-refractivity contribution is -0.123. The Morgan fingerprint density at radius 1 is 1.12 bits per heavy atom. The van der Waals surface area contributed by atoms with E-state index in [1.165, 1.54) is 24.8 Å². The molecular formula is C19H29N3O2. The van der Waals surface area contributed by atoms with Gasteiger partial charge in [0.05, 0.1) is 5.92 Å². The Bertz CT molecular complexity index is 542. The molecule has 1 saturated carbocycles. The van der Waals surface area contributed by atoms with Gasteiger partial charge in [-0.05, 0) is 43.4 Å². The van der Waals surface area contributed by atoms with Gasteiger partial charge < -0.3 is 16.4 Å². The van der Waals surface area contributed by atoms with Crippen LogP contribution >= 0.6 is 0 Å². The molecular weight excluding hydrogens is 302 g/mol. The molecule has 2 rings (SSSR count). The zero-order valence-corrected chi connectivity index (χ0v) is 14.5. The minimum absolute atomic E-state index is 0.162. The van der Waals surface area contributed by atoms with Crippen molar-refractivity contribution < 1.29 is 9.59 Å². The molecule has 2 atom stereocenters. The van der Waals surface area contributed by atoms with Crippen LogP contribution < -0.4 is 16.4 Å². The molecule has 0 aromatic heterocycles. The third-order valence-corrected chi connectivity index (χ3v) is 4.73. The molecule has 1 fully saturated rings. The summed E-state index contributed by atoms with van der Waals surface area (Å²) in [5.41, 5.74) is 7.49. The summed E-state index contributed by atoms with van der Waals surface area (Å²) >= 11 is 0. The van der Waals surface area contributed by atoms with Gasteiger partial charge in [-0.15, -0.1) is 0 Å². The fourth-order valence-electron chi connectivity index (χ4n) is 3.31. The molecule has 4 N–H and O–H groups in total.